The lowest BCUT2D eigenvalue weighted by Crippen LogP contribution is -2.47. The van der Waals surface area contributed by atoms with Gasteiger partial charge in [0.2, 0.25) is 0 Å². The molecule has 1 atom stereocenters. The van der Waals surface area contributed by atoms with Gasteiger partial charge < -0.3 is 9.47 Å². The second-order valence-electron chi connectivity index (χ2n) is 5.03. The van der Waals surface area contributed by atoms with E-state index in [-0.39, 0.29) is 13.0 Å². The van der Waals surface area contributed by atoms with Crippen LogP contribution in [0.25, 0.3) is 0 Å². The topological polar surface area (TPSA) is 79.6 Å². The summed E-state index contributed by atoms with van der Waals surface area (Å²) in [5.74, 6) is -0.508. The maximum Gasteiger partial charge on any atom is 0.411 e. The Morgan fingerprint density at radius 3 is 2.32 bits per heavy atom. The molecule has 0 aromatic rings. The van der Waals surface area contributed by atoms with E-state index >= 15 is 0 Å². The van der Waals surface area contributed by atoms with E-state index in [0.717, 1.165) is 0 Å². The molecule has 0 aliphatic carbocycles. The smallest absolute Gasteiger partial charge is 0.411 e. The minimum atomic E-state index is -0.729. The first kappa shape index (κ1) is 17.2. The van der Waals surface area contributed by atoms with Gasteiger partial charge in [-0.3, -0.25) is 4.90 Å². The Balaban J connectivity index is 5.02. The van der Waals surface area contributed by atoms with Crippen molar-refractivity contribution in [2.75, 3.05) is 13.7 Å². The largest absolute Gasteiger partial charge is 0.467 e. The molecule has 0 aliphatic rings. The van der Waals surface area contributed by atoms with E-state index in [0.29, 0.717) is 6.42 Å². The number of amides is 1. The number of nitrogens with zero attached hydrogens (tertiary/aromatic N) is 2. The van der Waals surface area contributed by atoms with Gasteiger partial charge in [-0.1, -0.05) is 6.92 Å². The zero-order valence-corrected chi connectivity index (χ0v) is 12.2. The highest BCUT2D eigenvalue weighted by Crippen LogP contribution is 2.15. The van der Waals surface area contributed by atoms with Gasteiger partial charge in [-0.2, -0.15) is 5.26 Å². The van der Waals surface area contributed by atoms with Crippen molar-refractivity contribution in [3.05, 3.63) is 0 Å². The SMILES string of the molecule is CC[C@H](C(=O)OC)N(CCC#N)C(=O)OC(C)(C)C. The molecular formula is C13H22N2O4. The molecule has 0 saturated heterocycles. The minimum Gasteiger partial charge on any atom is -0.467 e. The molecule has 0 radical (unpaired) electrons. The highest BCUT2D eigenvalue weighted by Gasteiger charge is 2.32. The number of carbonyl (C=O) groups excluding carboxylic acids is 2. The quantitative estimate of drug-likeness (QED) is 0.715. The number of hydrogen-bond donors (Lipinski definition) is 0. The summed E-state index contributed by atoms with van der Waals surface area (Å²) in [7, 11) is 1.27. The molecular weight excluding hydrogens is 248 g/mol. The van der Waals surface area contributed by atoms with Gasteiger partial charge in [-0.05, 0) is 27.2 Å². The molecule has 19 heavy (non-hydrogen) atoms. The number of ether oxygens (including phenoxy) is 2. The van der Waals surface area contributed by atoms with Gasteiger partial charge in [-0.25, -0.2) is 9.59 Å². The third kappa shape index (κ3) is 6.09. The van der Waals surface area contributed by atoms with Crippen LogP contribution in [-0.4, -0.2) is 42.3 Å². The highest BCUT2D eigenvalue weighted by atomic mass is 16.6. The molecule has 0 unspecified atom stereocenters. The van der Waals surface area contributed by atoms with E-state index in [9.17, 15) is 9.59 Å². The van der Waals surface area contributed by atoms with Crippen molar-refractivity contribution in [2.24, 2.45) is 0 Å². The average Bonchev–Trinajstić information content (AvgIpc) is 2.31. The summed E-state index contributed by atoms with van der Waals surface area (Å²) in [6, 6.07) is 1.22. The third-order valence-corrected chi connectivity index (χ3v) is 2.33. The lowest BCUT2D eigenvalue weighted by molar-refractivity contribution is -0.147. The van der Waals surface area contributed by atoms with Crippen molar-refractivity contribution >= 4 is 12.1 Å². The minimum absolute atomic E-state index is 0.132. The first-order chi connectivity index (χ1) is 8.76. The summed E-state index contributed by atoms with van der Waals surface area (Å²) < 4.78 is 9.92. The van der Waals surface area contributed by atoms with E-state index in [4.69, 9.17) is 10.00 Å². The van der Waals surface area contributed by atoms with Crippen LogP contribution in [0, 0.1) is 11.3 Å². The Kier molecular flexibility index (Phi) is 6.91. The summed E-state index contributed by atoms with van der Waals surface area (Å²) in [6.07, 6.45) is -0.0793. The van der Waals surface area contributed by atoms with Crippen molar-refractivity contribution in [1.82, 2.24) is 4.90 Å². The van der Waals surface area contributed by atoms with Gasteiger partial charge >= 0.3 is 12.1 Å². The lowest BCUT2D eigenvalue weighted by Gasteiger charge is -2.31. The second kappa shape index (κ2) is 7.62. The molecule has 0 heterocycles. The molecule has 0 N–H and O–H groups in total. The standard InChI is InChI=1S/C13H22N2O4/c1-6-10(11(16)18-5)15(9-7-8-14)12(17)19-13(2,3)4/h10H,6-7,9H2,1-5H3/t10-/m1/s1. The molecule has 0 aromatic carbocycles. The zero-order valence-electron chi connectivity index (χ0n) is 12.2. The number of carbonyl (C=O) groups is 2. The predicted molar refractivity (Wildman–Crippen MR) is 69.3 cm³/mol. The molecule has 1 amide bonds. The van der Waals surface area contributed by atoms with Crippen molar-refractivity contribution in [1.29, 1.82) is 5.26 Å². The fourth-order valence-electron chi connectivity index (χ4n) is 1.52. The van der Waals surface area contributed by atoms with Crippen LogP contribution in [-0.2, 0) is 14.3 Å². The van der Waals surface area contributed by atoms with Gasteiger partial charge in [-0.15, -0.1) is 0 Å². The Morgan fingerprint density at radius 1 is 1.37 bits per heavy atom. The van der Waals surface area contributed by atoms with E-state index < -0.39 is 23.7 Å². The monoisotopic (exact) mass is 270 g/mol. The molecule has 0 saturated carbocycles. The Morgan fingerprint density at radius 2 is 1.95 bits per heavy atom. The van der Waals surface area contributed by atoms with Crippen LogP contribution >= 0.6 is 0 Å². The van der Waals surface area contributed by atoms with Gasteiger partial charge in [0.05, 0.1) is 19.6 Å². The molecule has 6 heteroatoms. The van der Waals surface area contributed by atoms with Crippen LogP contribution in [0.1, 0.15) is 40.5 Å². The summed E-state index contributed by atoms with van der Waals surface area (Å²) >= 11 is 0. The number of nitriles is 1. The van der Waals surface area contributed by atoms with Crippen LogP contribution in [0.15, 0.2) is 0 Å². The van der Waals surface area contributed by atoms with Crippen molar-refractivity contribution < 1.29 is 19.1 Å². The van der Waals surface area contributed by atoms with E-state index in [1.165, 1.54) is 12.0 Å². The van der Waals surface area contributed by atoms with E-state index in [1.54, 1.807) is 27.7 Å². The van der Waals surface area contributed by atoms with Gasteiger partial charge in [0, 0.05) is 6.54 Å². The second-order valence-corrected chi connectivity index (χ2v) is 5.03. The fourth-order valence-corrected chi connectivity index (χ4v) is 1.52. The fraction of sp³-hybridized carbons (Fsp3) is 0.769. The molecule has 0 aliphatic heterocycles. The summed E-state index contributed by atoms with van der Waals surface area (Å²) in [6.45, 7) is 7.13. The molecule has 0 spiro atoms. The lowest BCUT2D eigenvalue weighted by atomic mass is 10.2. The molecule has 0 bridgehead atoms. The Bertz CT molecular complexity index is 355. The van der Waals surface area contributed by atoms with Crippen LogP contribution in [0.3, 0.4) is 0 Å². The summed E-state index contributed by atoms with van der Waals surface area (Å²) in [4.78, 5) is 25.0. The first-order valence-corrected chi connectivity index (χ1v) is 6.21. The molecule has 0 rings (SSSR count). The predicted octanol–water partition coefficient (Wildman–Crippen LogP) is 2.09. The average molecular weight is 270 g/mol. The number of esters is 1. The molecule has 0 aromatic heterocycles. The number of methoxy groups -OCH3 is 1. The maximum atomic E-state index is 12.1. The highest BCUT2D eigenvalue weighted by molar-refractivity contribution is 5.81. The first-order valence-electron chi connectivity index (χ1n) is 6.21. The zero-order chi connectivity index (χ0) is 15.1. The number of rotatable bonds is 5. The van der Waals surface area contributed by atoms with Crippen molar-refractivity contribution in [2.45, 2.75) is 52.2 Å². The van der Waals surface area contributed by atoms with Crippen LogP contribution < -0.4 is 0 Å². The molecule has 108 valence electrons. The normalized spacial score (nSPS) is 12.2. The van der Waals surface area contributed by atoms with E-state index in [2.05, 4.69) is 4.74 Å². The Labute approximate surface area is 114 Å². The van der Waals surface area contributed by atoms with Crippen LogP contribution in [0.5, 0.6) is 0 Å². The van der Waals surface area contributed by atoms with Crippen molar-refractivity contribution in [3.8, 4) is 6.07 Å². The van der Waals surface area contributed by atoms with Gasteiger partial charge in [0.1, 0.15) is 11.6 Å². The van der Waals surface area contributed by atoms with Crippen LogP contribution in [0.4, 0.5) is 4.79 Å². The van der Waals surface area contributed by atoms with Crippen molar-refractivity contribution in [3.63, 3.8) is 0 Å². The maximum absolute atomic E-state index is 12.1. The number of hydrogen-bond acceptors (Lipinski definition) is 5. The van der Waals surface area contributed by atoms with Crippen LogP contribution in [0.2, 0.25) is 0 Å². The molecule has 0 fully saturated rings. The third-order valence-electron chi connectivity index (χ3n) is 2.33. The van der Waals surface area contributed by atoms with E-state index in [1.807, 2.05) is 6.07 Å². The van der Waals surface area contributed by atoms with Gasteiger partial charge in [0.25, 0.3) is 0 Å². The van der Waals surface area contributed by atoms with Gasteiger partial charge in [0.15, 0.2) is 0 Å². The summed E-state index contributed by atoms with van der Waals surface area (Å²) in [5.41, 5.74) is -0.656. The molecule has 6 nitrogen and oxygen atoms in total. The Hall–Kier alpha value is -1.77. The summed E-state index contributed by atoms with van der Waals surface area (Å²) in [5, 5.41) is 8.63.